The first-order chi connectivity index (χ1) is 9.71. The van der Waals surface area contributed by atoms with E-state index in [4.69, 9.17) is 5.73 Å². The molecule has 0 unspecified atom stereocenters. The van der Waals surface area contributed by atoms with E-state index in [-0.39, 0.29) is 0 Å². The number of hydrogen-bond donors (Lipinski definition) is 2. The minimum absolute atomic E-state index is 0.564. The molecule has 0 spiro atoms. The fourth-order valence-corrected chi connectivity index (χ4v) is 3.18. The van der Waals surface area contributed by atoms with Crippen LogP contribution in [-0.2, 0) is 0 Å². The molecular weight excluding hydrogens is 246 g/mol. The van der Waals surface area contributed by atoms with E-state index in [1.165, 1.54) is 29.7 Å². The van der Waals surface area contributed by atoms with Crippen molar-refractivity contribution >= 4 is 0 Å². The first kappa shape index (κ1) is 14.9. The molecule has 3 nitrogen and oxygen atoms in total. The second kappa shape index (κ2) is 6.80. The van der Waals surface area contributed by atoms with Gasteiger partial charge >= 0.3 is 0 Å². The predicted molar refractivity (Wildman–Crippen MR) is 86.1 cm³/mol. The van der Waals surface area contributed by atoms with E-state index in [1.54, 1.807) is 5.57 Å². The highest BCUT2D eigenvalue weighted by Crippen LogP contribution is 2.35. The lowest BCUT2D eigenvalue weighted by Gasteiger charge is -2.33. The van der Waals surface area contributed by atoms with Crippen molar-refractivity contribution in [1.29, 1.82) is 0 Å². The molecule has 0 aromatic rings. The van der Waals surface area contributed by atoms with Crippen molar-refractivity contribution in [2.24, 2.45) is 11.7 Å². The molecule has 1 heterocycles. The Bertz CT molecular complexity index is 469. The van der Waals surface area contributed by atoms with Crippen LogP contribution >= 0.6 is 0 Å². The lowest BCUT2D eigenvalue weighted by molar-refractivity contribution is 0.333. The normalized spacial score (nSPS) is 23.4. The molecule has 110 valence electrons. The van der Waals surface area contributed by atoms with Crippen molar-refractivity contribution in [1.82, 2.24) is 10.2 Å². The Morgan fingerprint density at radius 1 is 1.50 bits per heavy atom. The molecule has 0 amide bonds. The Morgan fingerprint density at radius 3 is 2.95 bits per heavy atom. The molecule has 1 atom stereocenters. The third-order valence-corrected chi connectivity index (χ3v) is 4.41. The van der Waals surface area contributed by atoms with E-state index in [1.807, 2.05) is 13.2 Å². The summed E-state index contributed by atoms with van der Waals surface area (Å²) in [5, 5.41) is 3.09. The van der Waals surface area contributed by atoms with Crippen LogP contribution in [0, 0.1) is 5.92 Å². The second-order valence-corrected chi connectivity index (χ2v) is 5.59. The molecule has 1 aliphatic heterocycles. The lowest BCUT2D eigenvalue weighted by atomic mass is 9.86. The van der Waals surface area contributed by atoms with Crippen LogP contribution in [0.2, 0.25) is 0 Å². The van der Waals surface area contributed by atoms with E-state index in [0.29, 0.717) is 6.54 Å². The quantitative estimate of drug-likeness (QED) is 0.827. The van der Waals surface area contributed by atoms with Crippen LogP contribution in [0.3, 0.4) is 0 Å². The van der Waals surface area contributed by atoms with E-state index < -0.39 is 0 Å². The van der Waals surface area contributed by atoms with Gasteiger partial charge in [-0.05, 0) is 48.0 Å². The summed E-state index contributed by atoms with van der Waals surface area (Å²) in [6, 6.07) is 0. The largest absolute Gasteiger partial charge is 0.394 e. The molecule has 0 aromatic heterocycles. The monoisotopic (exact) mass is 273 g/mol. The lowest BCUT2D eigenvalue weighted by Crippen LogP contribution is -2.28. The summed E-state index contributed by atoms with van der Waals surface area (Å²) in [7, 11) is 4.12. The third kappa shape index (κ3) is 2.98. The van der Waals surface area contributed by atoms with Gasteiger partial charge in [0.05, 0.1) is 0 Å². The number of rotatable bonds is 4. The number of allylic oxidation sites excluding steroid dienone is 4. The fourth-order valence-electron chi connectivity index (χ4n) is 3.18. The van der Waals surface area contributed by atoms with Gasteiger partial charge in [-0.25, -0.2) is 0 Å². The van der Waals surface area contributed by atoms with Gasteiger partial charge in [-0.2, -0.15) is 0 Å². The first-order valence-corrected chi connectivity index (χ1v) is 7.60. The van der Waals surface area contributed by atoms with Gasteiger partial charge in [0.1, 0.15) is 0 Å². The summed E-state index contributed by atoms with van der Waals surface area (Å²) in [5.74, 6) is 0.732. The molecule has 0 bridgehead atoms. The number of nitrogens with one attached hydrogen (secondary N) is 1. The van der Waals surface area contributed by atoms with Crippen molar-refractivity contribution in [3.63, 3.8) is 0 Å². The predicted octanol–water partition coefficient (Wildman–Crippen LogP) is 2.55. The number of nitrogens with zero attached hydrogens (tertiary/aromatic N) is 1. The molecule has 2 rings (SSSR count). The molecule has 3 N–H and O–H groups in total. The zero-order chi connectivity index (χ0) is 14.5. The molecule has 1 aliphatic carbocycles. The number of hydrogen-bond acceptors (Lipinski definition) is 3. The maximum absolute atomic E-state index is 5.86. The molecule has 20 heavy (non-hydrogen) atoms. The van der Waals surface area contributed by atoms with Crippen LogP contribution < -0.4 is 11.1 Å². The highest BCUT2D eigenvalue weighted by Gasteiger charge is 2.24. The average Bonchev–Trinajstić information content (AvgIpc) is 2.69. The summed E-state index contributed by atoms with van der Waals surface area (Å²) in [6.07, 6.45) is 12.4. The van der Waals surface area contributed by atoms with Crippen molar-refractivity contribution in [3.8, 4) is 0 Å². The van der Waals surface area contributed by atoms with Crippen LogP contribution in [0.15, 0.2) is 46.8 Å². The summed E-state index contributed by atoms with van der Waals surface area (Å²) in [6.45, 7) is 4.02. The maximum Gasteiger partial charge on any atom is 0.0361 e. The van der Waals surface area contributed by atoms with Gasteiger partial charge in [0, 0.05) is 39.1 Å². The van der Waals surface area contributed by atoms with Gasteiger partial charge in [0.15, 0.2) is 0 Å². The zero-order valence-electron chi connectivity index (χ0n) is 12.9. The molecule has 3 heteroatoms. The first-order valence-electron chi connectivity index (χ1n) is 7.60. The van der Waals surface area contributed by atoms with Crippen LogP contribution in [-0.4, -0.2) is 32.1 Å². The fraction of sp³-hybridized carbons (Fsp3) is 0.529. The second-order valence-electron chi connectivity index (χ2n) is 5.59. The van der Waals surface area contributed by atoms with Crippen molar-refractivity contribution in [2.45, 2.75) is 26.2 Å². The molecule has 0 saturated heterocycles. The standard InChI is InChI=1S/C17H27N3/c1-4-13-9-10-20(3)17-8-6-14(5-7-16(13)17)15(11-18)12-19-2/h5-6,8,12-13,19H,4,7,9-11,18H2,1-3H3/b15-12+/t13-/m1/s1. The Kier molecular flexibility index (Phi) is 5.07. The highest BCUT2D eigenvalue weighted by molar-refractivity contribution is 5.47. The van der Waals surface area contributed by atoms with Crippen LogP contribution in [0.1, 0.15) is 26.2 Å². The van der Waals surface area contributed by atoms with Gasteiger partial charge in [-0.3, -0.25) is 0 Å². The van der Waals surface area contributed by atoms with E-state index >= 15 is 0 Å². The Morgan fingerprint density at radius 2 is 2.30 bits per heavy atom. The van der Waals surface area contributed by atoms with Crippen molar-refractivity contribution < 1.29 is 0 Å². The van der Waals surface area contributed by atoms with Crippen LogP contribution in [0.4, 0.5) is 0 Å². The SMILES string of the molecule is CC[C@@H]1CCN(C)C2=C1CC=C(/C(=C/NC)CN)C=C2. The summed E-state index contributed by atoms with van der Waals surface area (Å²) < 4.78 is 0. The topological polar surface area (TPSA) is 41.3 Å². The molecule has 0 fully saturated rings. The summed E-state index contributed by atoms with van der Waals surface area (Å²) >= 11 is 0. The van der Waals surface area contributed by atoms with Gasteiger partial charge in [0.2, 0.25) is 0 Å². The Labute approximate surface area is 122 Å². The minimum atomic E-state index is 0.564. The molecule has 0 saturated carbocycles. The molecule has 0 radical (unpaired) electrons. The Hall–Kier alpha value is -1.48. The van der Waals surface area contributed by atoms with Gasteiger partial charge in [-0.15, -0.1) is 0 Å². The minimum Gasteiger partial charge on any atom is -0.394 e. The van der Waals surface area contributed by atoms with Gasteiger partial charge in [0.25, 0.3) is 0 Å². The summed E-state index contributed by atoms with van der Waals surface area (Å²) in [4.78, 5) is 2.39. The van der Waals surface area contributed by atoms with Crippen molar-refractivity contribution in [2.75, 3.05) is 27.2 Å². The van der Waals surface area contributed by atoms with Crippen molar-refractivity contribution in [3.05, 3.63) is 46.8 Å². The van der Waals surface area contributed by atoms with E-state index in [2.05, 4.69) is 42.4 Å². The smallest absolute Gasteiger partial charge is 0.0361 e. The van der Waals surface area contributed by atoms with Crippen LogP contribution in [0.5, 0.6) is 0 Å². The van der Waals surface area contributed by atoms with Gasteiger partial charge < -0.3 is 16.0 Å². The Balaban J connectivity index is 2.30. The number of likely N-dealkylation sites (N-methyl/N-ethyl adjacent to an activating group) is 1. The third-order valence-electron chi connectivity index (χ3n) is 4.41. The van der Waals surface area contributed by atoms with Crippen LogP contribution in [0.25, 0.3) is 0 Å². The molecule has 0 aromatic carbocycles. The van der Waals surface area contributed by atoms with E-state index in [0.717, 1.165) is 18.9 Å². The van der Waals surface area contributed by atoms with Gasteiger partial charge in [-0.1, -0.05) is 19.1 Å². The molecular formula is C17H27N3. The maximum atomic E-state index is 5.86. The summed E-state index contributed by atoms with van der Waals surface area (Å²) in [5.41, 5.74) is 11.3. The van der Waals surface area contributed by atoms with E-state index in [9.17, 15) is 0 Å². The highest BCUT2D eigenvalue weighted by atomic mass is 15.1. The average molecular weight is 273 g/mol. The zero-order valence-corrected chi connectivity index (χ0v) is 12.9. The molecule has 2 aliphatic rings. The number of nitrogens with two attached hydrogens (primary N) is 1.